The van der Waals surface area contributed by atoms with Crippen molar-refractivity contribution in [1.29, 1.82) is 0 Å². The zero-order chi connectivity index (χ0) is 12.5. The molecule has 1 saturated heterocycles. The molecule has 0 radical (unpaired) electrons. The lowest BCUT2D eigenvalue weighted by atomic mass is 9.88. The van der Waals surface area contributed by atoms with Gasteiger partial charge in [-0.1, -0.05) is 76.8 Å². The van der Waals surface area contributed by atoms with Crippen molar-refractivity contribution < 1.29 is 4.74 Å². The minimum absolute atomic E-state index is 0.0139. The molecule has 0 aromatic heterocycles. The Kier molecular flexibility index (Phi) is 8.30. The van der Waals surface area contributed by atoms with Crippen LogP contribution in [0.5, 0.6) is 0 Å². The predicted molar refractivity (Wildman–Crippen MR) is 75.5 cm³/mol. The number of ether oxygens (including phenoxy) is 1. The predicted octanol–water partition coefficient (Wildman–Crippen LogP) is 5.36. The molecule has 2 heteroatoms. The van der Waals surface area contributed by atoms with Crippen molar-refractivity contribution in [2.45, 2.75) is 77.2 Å². The third kappa shape index (κ3) is 5.61. The lowest BCUT2D eigenvalue weighted by Crippen LogP contribution is -2.15. The fraction of sp³-hybridized carbons (Fsp3) is 1.00. The van der Waals surface area contributed by atoms with E-state index in [-0.39, 0.29) is 5.56 Å². The number of hydrogen-bond acceptors (Lipinski definition) is 1. The summed E-state index contributed by atoms with van der Waals surface area (Å²) in [6.45, 7) is 5.40. The number of halogens is 1. The molecule has 0 aromatic rings. The van der Waals surface area contributed by atoms with Gasteiger partial charge in [0.15, 0.2) is 0 Å². The largest absolute Gasteiger partial charge is 0.362 e. The van der Waals surface area contributed by atoms with E-state index in [9.17, 15) is 0 Å². The molecule has 102 valence electrons. The van der Waals surface area contributed by atoms with Crippen molar-refractivity contribution in [3.63, 3.8) is 0 Å². The third-order valence-corrected chi connectivity index (χ3v) is 4.53. The number of rotatable bonds is 9. The lowest BCUT2D eigenvalue weighted by molar-refractivity contribution is 0.148. The SMILES string of the molecule is CCCCCCCCCC1C(CC)COC1Cl. The maximum atomic E-state index is 6.21. The van der Waals surface area contributed by atoms with Gasteiger partial charge >= 0.3 is 0 Å². The number of hydrogen-bond donors (Lipinski definition) is 0. The molecule has 1 rings (SSSR count). The topological polar surface area (TPSA) is 9.23 Å². The summed E-state index contributed by atoms with van der Waals surface area (Å²) in [4.78, 5) is 0. The van der Waals surface area contributed by atoms with E-state index >= 15 is 0 Å². The quantitative estimate of drug-likeness (QED) is 0.400. The van der Waals surface area contributed by atoms with Crippen LogP contribution in [0.4, 0.5) is 0 Å². The van der Waals surface area contributed by atoms with E-state index < -0.39 is 0 Å². The van der Waals surface area contributed by atoms with Crippen LogP contribution in [0.15, 0.2) is 0 Å². The fourth-order valence-electron chi connectivity index (χ4n) is 2.80. The first-order chi connectivity index (χ1) is 8.29. The maximum absolute atomic E-state index is 6.21. The summed E-state index contributed by atoms with van der Waals surface area (Å²) in [5, 5.41) is 0. The Morgan fingerprint density at radius 1 is 1.00 bits per heavy atom. The summed E-state index contributed by atoms with van der Waals surface area (Å²) in [6, 6.07) is 0. The molecular weight excluding hydrogens is 232 g/mol. The molecular formula is C15H29ClO. The second-order valence-electron chi connectivity index (χ2n) is 5.43. The normalized spacial score (nSPS) is 28.8. The highest BCUT2D eigenvalue weighted by Crippen LogP contribution is 2.35. The van der Waals surface area contributed by atoms with Gasteiger partial charge in [0.05, 0.1) is 6.61 Å². The molecule has 0 aliphatic carbocycles. The summed E-state index contributed by atoms with van der Waals surface area (Å²) in [6.07, 6.45) is 12.2. The first kappa shape index (κ1) is 15.3. The van der Waals surface area contributed by atoms with Crippen LogP contribution in [0.2, 0.25) is 0 Å². The Morgan fingerprint density at radius 2 is 1.65 bits per heavy atom. The fourth-order valence-corrected chi connectivity index (χ4v) is 3.21. The van der Waals surface area contributed by atoms with E-state index in [1.807, 2.05) is 0 Å². The van der Waals surface area contributed by atoms with Gasteiger partial charge in [-0.05, 0) is 12.3 Å². The first-order valence-electron chi connectivity index (χ1n) is 7.55. The summed E-state index contributed by atoms with van der Waals surface area (Å²) >= 11 is 6.21. The molecule has 1 nitrogen and oxygen atoms in total. The third-order valence-electron chi connectivity index (χ3n) is 4.08. The molecule has 1 fully saturated rings. The molecule has 0 saturated carbocycles. The Bertz CT molecular complexity index is 184. The van der Waals surface area contributed by atoms with Crippen LogP contribution in [0.1, 0.15) is 71.6 Å². The summed E-state index contributed by atoms with van der Waals surface area (Å²) < 4.78 is 5.54. The molecule has 0 amide bonds. The van der Waals surface area contributed by atoms with Crippen molar-refractivity contribution >= 4 is 11.6 Å². The van der Waals surface area contributed by atoms with E-state index in [1.54, 1.807) is 0 Å². The molecule has 0 bridgehead atoms. The van der Waals surface area contributed by atoms with E-state index in [4.69, 9.17) is 16.3 Å². The monoisotopic (exact) mass is 260 g/mol. The van der Waals surface area contributed by atoms with Gasteiger partial charge in [0, 0.05) is 5.92 Å². The van der Waals surface area contributed by atoms with E-state index in [0.717, 1.165) is 6.61 Å². The van der Waals surface area contributed by atoms with Gasteiger partial charge in [0.1, 0.15) is 5.56 Å². The Hall–Kier alpha value is 0.250. The van der Waals surface area contributed by atoms with Crippen LogP contribution < -0.4 is 0 Å². The van der Waals surface area contributed by atoms with Gasteiger partial charge < -0.3 is 4.74 Å². The van der Waals surface area contributed by atoms with Crippen LogP contribution in [0.25, 0.3) is 0 Å². The average molecular weight is 261 g/mol. The molecule has 3 unspecified atom stereocenters. The minimum Gasteiger partial charge on any atom is -0.362 e. The van der Waals surface area contributed by atoms with Crippen LogP contribution in [0, 0.1) is 11.8 Å². The van der Waals surface area contributed by atoms with Gasteiger partial charge in [-0.15, -0.1) is 0 Å². The Morgan fingerprint density at radius 3 is 2.29 bits per heavy atom. The Labute approximate surface area is 112 Å². The van der Waals surface area contributed by atoms with Crippen molar-refractivity contribution in [3.05, 3.63) is 0 Å². The molecule has 0 N–H and O–H groups in total. The average Bonchev–Trinajstić information content (AvgIpc) is 2.69. The van der Waals surface area contributed by atoms with Gasteiger partial charge in [0.2, 0.25) is 0 Å². The zero-order valence-electron chi connectivity index (χ0n) is 11.6. The second-order valence-corrected chi connectivity index (χ2v) is 5.86. The minimum atomic E-state index is -0.0139. The van der Waals surface area contributed by atoms with E-state index in [1.165, 1.54) is 57.8 Å². The first-order valence-corrected chi connectivity index (χ1v) is 7.98. The van der Waals surface area contributed by atoms with Crippen LogP contribution in [-0.4, -0.2) is 12.2 Å². The molecule has 3 atom stereocenters. The van der Waals surface area contributed by atoms with E-state index in [0.29, 0.717) is 11.8 Å². The van der Waals surface area contributed by atoms with Crippen LogP contribution in [-0.2, 0) is 4.74 Å². The van der Waals surface area contributed by atoms with Crippen molar-refractivity contribution in [1.82, 2.24) is 0 Å². The summed E-state index contributed by atoms with van der Waals surface area (Å²) in [5.41, 5.74) is -0.0139. The maximum Gasteiger partial charge on any atom is 0.134 e. The molecule has 0 spiro atoms. The second kappa shape index (κ2) is 9.22. The van der Waals surface area contributed by atoms with Crippen LogP contribution in [0.3, 0.4) is 0 Å². The number of unbranched alkanes of at least 4 members (excludes halogenated alkanes) is 6. The zero-order valence-corrected chi connectivity index (χ0v) is 12.3. The Balaban J connectivity index is 2.01. The highest BCUT2D eigenvalue weighted by Gasteiger charge is 2.33. The van der Waals surface area contributed by atoms with Gasteiger partial charge in [0.25, 0.3) is 0 Å². The highest BCUT2D eigenvalue weighted by atomic mass is 35.5. The van der Waals surface area contributed by atoms with Gasteiger partial charge in [-0.3, -0.25) is 0 Å². The van der Waals surface area contributed by atoms with Crippen molar-refractivity contribution in [3.8, 4) is 0 Å². The molecule has 17 heavy (non-hydrogen) atoms. The van der Waals surface area contributed by atoms with Gasteiger partial charge in [-0.2, -0.15) is 0 Å². The summed E-state index contributed by atoms with van der Waals surface area (Å²) in [7, 11) is 0. The molecule has 1 aliphatic heterocycles. The molecule has 1 heterocycles. The summed E-state index contributed by atoms with van der Waals surface area (Å²) in [5.74, 6) is 1.31. The standard InChI is InChI=1S/C15H29ClO/c1-3-5-6-7-8-9-10-11-14-13(4-2)12-17-15(14)16/h13-15H,3-12H2,1-2H3. The van der Waals surface area contributed by atoms with Gasteiger partial charge in [-0.25, -0.2) is 0 Å². The molecule has 0 aromatic carbocycles. The highest BCUT2D eigenvalue weighted by molar-refractivity contribution is 6.20. The van der Waals surface area contributed by atoms with E-state index in [2.05, 4.69) is 13.8 Å². The van der Waals surface area contributed by atoms with Crippen molar-refractivity contribution in [2.75, 3.05) is 6.61 Å². The lowest BCUT2D eigenvalue weighted by Gasteiger charge is -2.17. The van der Waals surface area contributed by atoms with Crippen molar-refractivity contribution in [2.24, 2.45) is 11.8 Å². The molecule has 1 aliphatic rings. The number of alkyl halides is 1. The smallest absolute Gasteiger partial charge is 0.134 e. The van der Waals surface area contributed by atoms with Crippen LogP contribution >= 0.6 is 11.6 Å².